The van der Waals surface area contributed by atoms with Crippen molar-refractivity contribution in [3.8, 4) is 0 Å². The van der Waals surface area contributed by atoms with E-state index in [4.69, 9.17) is 0 Å². The predicted molar refractivity (Wildman–Crippen MR) is 71.6 cm³/mol. The Kier molecular flexibility index (Phi) is 5.73. The molecule has 0 aliphatic carbocycles. The van der Waals surface area contributed by atoms with Gasteiger partial charge in [-0.05, 0) is 55.5 Å². The normalized spacial score (nSPS) is 11.8. The lowest BCUT2D eigenvalue weighted by atomic mass is 9.83. The molecule has 3 heteroatoms. The van der Waals surface area contributed by atoms with E-state index in [-0.39, 0.29) is 5.41 Å². The number of nitrogens with one attached hydrogen (secondary N) is 1. The number of aryl methyl sites for hydroxylation is 1. The summed E-state index contributed by atoms with van der Waals surface area (Å²) in [7, 11) is 0. The minimum Gasteiger partial charge on any atom is -0.317 e. The second-order valence-electron chi connectivity index (χ2n) is 5.52. The van der Waals surface area contributed by atoms with Crippen molar-refractivity contribution >= 4 is 0 Å². The van der Waals surface area contributed by atoms with Gasteiger partial charge in [-0.15, -0.1) is 0 Å². The highest BCUT2D eigenvalue weighted by atomic mass is 19.2. The van der Waals surface area contributed by atoms with Gasteiger partial charge < -0.3 is 5.32 Å². The molecule has 0 radical (unpaired) electrons. The maximum atomic E-state index is 13.1. The zero-order valence-corrected chi connectivity index (χ0v) is 11.5. The summed E-state index contributed by atoms with van der Waals surface area (Å²) >= 11 is 0. The van der Waals surface area contributed by atoms with Crippen LogP contribution in [0.5, 0.6) is 0 Å². The Morgan fingerprint density at radius 2 is 1.83 bits per heavy atom. The van der Waals surface area contributed by atoms with Gasteiger partial charge in [-0.1, -0.05) is 26.8 Å². The van der Waals surface area contributed by atoms with E-state index in [9.17, 15) is 8.78 Å². The molecule has 1 rings (SSSR count). The van der Waals surface area contributed by atoms with Crippen LogP contribution in [0.1, 0.15) is 39.2 Å². The molecule has 1 nitrogen and oxygen atoms in total. The van der Waals surface area contributed by atoms with E-state index in [1.165, 1.54) is 12.1 Å². The van der Waals surface area contributed by atoms with Crippen molar-refractivity contribution in [1.82, 2.24) is 5.32 Å². The maximum Gasteiger partial charge on any atom is 0.159 e. The summed E-state index contributed by atoms with van der Waals surface area (Å²) in [4.78, 5) is 0. The molecule has 0 saturated carbocycles. The molecule has 0 heterocycles. The minimum absolute atomic E-state index is 0.215. The maximum absolute atomic E-state index is 13.1. The van der Waals surface area contributed by atoms with Gasteiger partial charge in [-0.2, -0.15) is 0 Å². The van der Waals surface area contributed by atoms with E-state index in [2.05, 4.69) is 26.1 Å². The number of halogens is 2. The van der Waals surface area contributed by atoms with Gasteiger partial charge in [0.1, 0.15) is 0 Å². The topological polar surface area (TPSA) is 12.0 Å². The largest absolute Gasteiger partial charge is 0.317 e. The fraction of sp³-hybridized carbons (Fsp3) is 0.600. The molecule has 0 amide bonds. The molecule has 0 bridgehead atoms. The zero-order valence-electron chi connectivity index (χ0n) is 11.5. The lowest BCUT2D eigenvalue weighted by Crippen LogP contribution is -2.22. The smallest absolute Gasteiger partial charge is 0.159 e. The summed E-state index contributed by atoms with van der Waals surface area (Å²) < 4.78 is 25.9. The molecule has 1 aromatic carbocycles. The Balaban J connectivity index is 2.45. The molecule has 1 N–H and O–H groups in total. The van der Waals surface area contributed by atoms with Crippen molar-refractivity contribution in [3.63, 3.8) is 0 Å². The molecular formula is C15H23F2N. The average molecular weight is 255 g/mol. The molecule has 0 aliphatic rings. The van der Waals surface area contributed by atoms with E-state index >= 15 is 0 Å². The van der Waals surface area contributed by atoms with E-state index in [0.717, 1.165) is 37.9 Å². The van der Waals surface area contributed by atoms with Gasteiger partial charge in [0.15, 0.2) is 11.6 Å². The van der Waals surface area contributed by atoms with Gasteiger partial charge >= 0.3 is 0 Å². The SMILES string of the molecule is CCNCCC(C)(C)CCc1ccc(F)c(F)c1. The van der Waals surface area contributed by atoms with Crippen molar-refractivity contribution in [3.05, 3.63) is 35.4 Å². The van der Waals surface area contributed by atoms with Gasteiger partial charge in [0.05, 0.1) is 0 Å². The van der Waals surface area contributed by atoms with Gasteiger partial charge in [0.2, 0.25) is 0 Å². The molecular weight excluding hydrogens is 232 g/mol. The molecule has 0 aliphatic heterocycles. The standard InChI is InChI=1S/C15H23F2N/c1-4-18-10-9-15(2,3)8-7-12-5-6-13(16)14(17)11-12/h5-6,11,18H,4,7-10H2,1-3H3. The van der Waals surface area contributed by atoms with Crippen LogP contribution in [0.4, 0.5) is 8.78 Å². The first-order chi connectivity index (χ1) is 8.44. The second-order valence-corrected chi connectivity index (χ2v) is 5.52. The summed E-state index contributed by atoms with van der Waals surface area (Å²) in [5, 5.41) is 3.31. The Bertz CT molecular complexity index is 375. The van der Waals surface area contributed by atoms with Crippen LogP contribution >= 0.6 is 0 Å². The first-order valence-electron chi connectivity index (χ1n) is 6.59. The number of benzene rings is 1. The van der Waals surface area contributed by atoms with Crippen LogP contribution in [0.25, 0.3) is 0 Å². The van der Waals surface area contributed by atoms with E-state index in [1.807, 2.05) is 0 Å². The molecule has 0 unspecified atom stereocenters. The predicted octanol–water partition coefficient (Wildman–Crippen LogP) is 3.92. The minimum atomic E-state index is -0.773. The molecule has 18 heavy (non-hydrogen) atoms. The van der Waals surface area contributed by atoms with Crippen molar-refractivity contribution < 1.29 is 8.78 Å². The zero-order chi connectivity index (χ0) is 13.6. The molecule has 0 saturated heterocycles. The second kappa shape index (κ2) is 6.83. The van der Waals surface area contributed by atoms with Crippen LogP contribution in [-0.2, 0) is 6.42 Å². The summed E-state index contributed by atoms with van der Waals surface area (Å²) in [5.41, 5.74) is 1.08. The van der Waals surface area contributed by atoms with Gasteiger partial charge in [-0.25, -0.2) is 8.78 Å². The van der Waals surface area contributed by atoms with Crippen LogP contribution in [0, 0.1) is 17.0 Å². The molecule has 1 aromatic rings. The Hall–Kier alpha value is -0.960. The third-order valence-corrected chi connectivity index (χ3v) is 3.30. The van der Waals surface area contributed by atoms with Crippen molar-refractivity contribution in [1.29, 1.82) is 0 Å². The van der Waals surface area contributed by atoms with E-state index < -0.39 is 11.6 Å². The fourth-order valence-corrected chi connectivity index (χ4v) is 1.91. The van der Waals surface area contributed by atoms with Crippen LogP contribution < -0.4 is 5.32 Å². The third-order valence-electron chi connectivity index (χ3n) is 3.30. The Morgan fingerprint density at radius 3 is 2.44 bits per heavy atom. The third kappa shape index (κ3) is 5.13. The number of hydrogen-bond donors (Lipinski definition) is 1. The number of hydrogen-bond acceptors (Lipinski definition) is 1. The average Bonchev–Trinajstić information content (AvgIpc) is 2.31. The van der Waals surface area contributed by atoms with E-state index in [1.54, 1.807) is 6.07 Å². The van der Waals surface area contributed by atoms with Crippen molar-refractivity contribution in [2.45, 2.75) is 40.0 Å². The molecule has 0 atom stereocenters. The lowest BCUT2D eigenvalue weighted by Gasteiger charge is -2.24. The van der Waals surface area contributed by atoms with Crippen LogP contribution in [0.2, 0.25) is 0 Å². The first-order valence-corrected chi connectivity index (χ1v) is 6.59. The monoisotopic (exact) mass is 255 g/mol. The van der Waals surface area contributed by atoms with Crippen LogP contribution in [0.3, 0.4) is 0 Å². The van der Waals surface area contributed by atoms with E-state index in [0.29, 0.717) is 0 Å². The molecule has 0 spiro atoms. The lowest BCUT2D eigenvalue weighted by molar-refractivity contribution is 0.303. The number of rotatable bonds is 7. The summed E-state index contributed by atoms with van der Waals surface area (Å²) in [6.07, 6.45) is 2.85. The molecule has 102 valence electrons. The first kappa shape index (κ1) is 15.1. The van der Waals surface area contributed by atoms with Crippen LogP contribution in [0.15, 0.2) is 18.2 Å². The molecule has 0 aromatic heterocycles. The molecule has 0 fully saturated rings. The summed E-state index contributed by atoms with van der Waals surface area (Å²) in [6, 6.07) is 4.17. The van der Waals surface area contributed by atoms with Crippen LogP contribution in [-0.4, -0.2) is 13.1 Å². The van der Waals surface area contributed by atoms with Gasteiger partial charge in [0, 0.05) is 0 Å². The Labute approximate surface area is 109 Å². The van der Waals surface area contributed by atoms with Gasteiger partial charge in [0.25, 0.3) is 0 Å². The van der Waals surface area contributed by atoms with Crippen molar-refractivity contribution in [2.75, 3.05) is 13.1 Å². The highest BCUT2D eigenvalue weighted by Gasteiger charge is 2.17. The quantitative estimate of drug-likeness (QED) is 0.728. The van der Waals surface area contributed by atoms with Crippen molar-refractivity contribution in [2.24, 2.45) is 5.41 Å². The van der Waals surface area contributed by atoms with Gasteiger partial charge in [-0.3, -0.25) is 0 Å². The highest BCUT2D eigenvalue weighted by molar-refractivity contribution is 5.18. The summed E-state index contributed by atoms with van der Waals surface area (Å²) in [6.45, 7) is 8.50. The summed E-state index contributed by atoms with van der Waals surface area (Å²) in [5.74, 6) is -1.52. The fourth-order valence-electron chi connectivity index (χ4n) is 1.91. The highest BCUT2D eigenvalue weighted by Crippen LogP contribution is 2.26. The Morgan fingerprint density at radius 1 is 1.11 bits per heavy atom.